The number of carbonyl (C=O) groups excluding carboxylic acids is 1. The molecule has 4 heteroatoms. The highest BCUT2D eigenvalue weighted by molar-refractivity contribution is 9.10. The predicted molar refractivity (Wildman–Crippen MR) is 54.2 cm³/mol. The normalized spacial score (nSPS) is 12.2. The van der Waals surface area contributed by atoms with Crippen LogP contribution in [0.2, 0.25) is 0 Å². The predicted octanol–water partition coefficient (Wildman–Crippen LogP) is 2.04. The first-order valence-corrected chi connectivity index (χ1v) is 4.78. The number of carbonyl (C=O) groups is 1. The maximum absolute atomic E-state index is 10.8. The monoisotopic (exact) mass is 242 g/mol. The number of nitrogens with one attached hydrogen (secondary N) is 1. The molecule has 0 saturated heterocycles. The molecule has 0 aliphatic rings. The second-order valence-corrected chi connectivity index (χ2v) is 3.65. The molecule has 0 aliphatic heterocycles. The average Bonchev–Trinajstić information content (AvgIpc) is 2.03. The van der Waals surface area contributed by atoms with Gasteiger partial charge < -0.3 is 5.32 Å². The zero-order valence-corrected chi connectivity index (χ0v) is 9.13. The molecule has 1 rings (SSSR count). The fourth-order valence-corrected chi connectivity index (χ4v) is 1.69. The van der Waals surface area contributed by atoms with Crippen molar-refractivity contribution in [2.24, 2.45) is 0 Å². The highest BCUT2D eigenvalue weighted by Crippen LogP contribution is 2.19. The number of amides is 1. The molecule has 13 heavy (non-hydrogen) atoms. The standard InChI is InChI=1S/C9H11BrN2O/c1-6(12-7(2)13)9-8(10)4-3-5-11-9/h3-6H,1-2H3,(H,12,13). The molecule has 3 nitrogen and oxygen atoms in total. The van der Waals surface area contributed by atoms with Crippen molar-refractivity contribution < 1.29 is 4.79 Å². The first-order chi connectivity index (χ1) is 6.11. The Morgan fingerprint density at radius 2 is 2.38 bits per heavy atom. The first-order valence-electron chi connectivity index (χ1n) is 3.98. The van der Waals surface area contributed by atoms with Crippen molar-refractivity contribution in [2.75, 3.05) is 0 Å². The molecule has 70 valence electrons. The number of nitrogens with zero attached hydrogens (tertiary/aromatic N) is 1. The van der Waals surface area contributed by atoms with E-state index in [0.29, 0.717) is 0 Å². The van der Waals surface area contributed by atoms with Gasteiger partial charge in [-0.2, -0.15) is 0 Å². The molecule has 0 saturated carbocycles. The van der Waals surface area contributed by atoms with Crippen LogP contribution in [-0.2, 0) is 4.79 Å². The second-order valence-electron chi connectivity index (χ2n) is 2.79. The summed E-state index contributed by atoms with van der Waals surface area (Å²) in [7, 11) is 0. The summed E-state index contributed by atoms with van der Waals surface area (Å²) in [5.74, 6) is -0.0509. The van der Waals surface area contributed by atoms with Crippen LogP contribution < -0.4 is 5.32 Å². The van der Waals surface area contributed by atoms with E-state index in [0.717, 1.165) is 10.2 Å². The molecule has 0 aromatic carbocycles. The maximum Gasteiger partial charge on any atom is 0.217 e. The smallest absolute Gasteiger partial charge is 0.217 e. The van der Waals surface area contributed by atoms with Gasteiger partial charge in [-0.15, -0.1) is 0 Å². The van der Waals surface area contributed by atoms with E-state index in [1.54, 1.807) is 6.20 Å². The lowest BCUT2D eigenvalue weighted by atomic mass is 10.2. The summed E-state index contributed by atoms with van der Waals surface area (Å²) in [6.45, 7) is 3.39. The number of aromatic nitrogens is 1. The largest absolute Gasteiger partial charge is 0.348 e. The van der Waals surface area contributed by atoms with E-state index in [1.807, 2.05) is 19.1 Å². The van der Waals surface area contributed by atoms with E-state index in [4.69, 9.17) is 0 Å². The Bertz CT molecular complexity index is 314. The number of pyridine rings is 1. The van der Waals surface area contributed by atoms with Gasteiger partial charge >= 0.3 is 0 Å². The minimum Gasteiger partial charge on any atom is -0.348 e. The van der Waals surface area contributed by atoms with E-state index >= 15 is 0 Å². The summed E-state index contributed by atoms with van der Waals surface area (Å²) in [6.07, 6.45) is 1.71. The number of rotatable bonds is 2. The van der Waals surface area contributed by atoms with Crippen molar-refractivity contribution in [2.45, 2.75) is 19.9 Å². The van der Waals surface area contributed by atoms with Gasteiger partial charge in [0, 0.05) is 17.6 Å². The Kier molecular flexibility index (Phi) is 3.42. The molecule has 0 bridgehead atoms. The Morgan fingerprint density at radius 1 is 1.69 bits per heavy atom. The Labute approximate surface area is 85.7 Å². The Morgan fingerprint density at radius 3 is 2.92 bits per heavy atom. The first kappa shape index (κ1) is 10.2. The fraction of sp³-hybridized carbons (Fsp3) is 0.333. The number of halogens is 1. The summed E-state index contributed by atoms with van der Waals surface area (Å²) >= 11 is 3.37. The maximum atomic E-state index is 10.8. The van der Waals surface area contributed by atoms with Gasteiger partial charge in [0.25, 0.3) is 0 Å². The molecule has 1 N–H and O–H groups in total. The van der Waals surface area contributed by atoms with Crippen LogP contribution in [-0.4, -0.2) is 10.9 Å². The molecule has 1 heterocycles. The highest BCUT2D eigenvalue weighted by Gasteiger charge is 2.10. The Hall–Kier alpha value is -0.900. The van der Waals surface area contributed by atoms with Crippen LogP contribution in [0.15, 0.2) is 22.8 Å². The topological polar surface area (TPSA) is 42.0 Å². The highest BCUT2D eigenvalue weighted by atomic mass is 79.9. The van der Waals surface area contributed by atoms with Crippen LogP contribution in [0.4, 0.5) is 0 Å². The molecular formula is C9H11BrN2O. The summed E-state index contributed by atoms with van der Waals surface area (Å²) in [6, 6.07) is 3.68. The van der Waals surface area contributed by atoms with Crippen LogP contribution >= 0.6 is 15.9 Å². The molecular weight excluding hydrogens is 232 g/mol. The lowest BCUT2D eigenvalue weighted by Crippen LogP contribution is -2.24. The molecule has 0 aliphatic carbocycles. The third-order valence-corrected chi connectivity index (χ3v) is 2.29. The van der Waals surface area contributed by atoms with Crippen LogP contribution in [0.5, 0.6) is 0 Å². The SMILES string of the molecule is CC(=O)NC(C)c1ncccc1Br. The zero-order valence-electron chi connectivity index (χ0n) is 7.54. The van der Waals surface area contributed by atoms with E-state index in [1.165, 1.54) is 6.92 Å². The van der Waals surface area contributed by atoms with Crippen molar-refractivity contribution in [1.29, 1.82) is 0 Å². The van der Waals surface area contributed by atoms with Crippen molar-refractivity contribution in [3.05, 3.63) is 28.5 Å². The van der Waals surface area contributed by atoms with Gasteiger partial charge in [0.05, 0.1) is 11.7 Å². The third-order valence-electron chi connectivity index (χ3n) is 1.62. The van der Waals surface area contributed by atoms with Crippen LogP contribution in [0, 0.1) is 0 Å². The van der Waals surface area contributed by atoms with Gasteiger partial charge in [-0.05, 0) is 35.0 Å². The molecule has 0 radical (unpaired) electrons. The molecule has 1 aromatic rings. The minimum absolute atomic E-state index is 0.0509. The van der Waals surface area contributed by atoms with Crippen LogP contribution in [0.1, 0.15) is 25.6 Å². The molecule has 0 spiro atoms. The van der Waals surface area contributed by atoms with Gasteiger partial charge in [0.15, 0.2) is 0 Å². The van der Waals surface area contributed by atoms with Crippen molar-refractivity contribution in [3.8, 4) is 0 Å². The zero-order chi connectivity index (χ0) is 9.84. The van der Waals surface area contributed by atoms with Crippen molar-refractivity contribution in [1.82, 2.24) is 10.3 Å². The third kappa shape index (κ3) is 2.81. The molecule has 1 unspecified atom stereocenters. The summed E-state index contributed by atoms with van der Waals surface area (Å²) in [4.78, 5) is 15.0. The Balaban J connectivity index is 2.82. The molecule has 1 amide bonds. The average molecular weight is 243 g/mol. The number of hydrogen-bond donors (Lipinski definition) is 1. The van der Waals surface area contributed by atoms with Crippen LogP contribution in [0.25, 0.3) is 0 Å². The molecule has 1 aromatic heterocycles. The minimum atomic E-state index is -0.0620. The van der Waals surface area contributed by atoms with Gasteiger partial charge in [-0.1, -0.05) is 0 Å². The van der Waals surface area contributed by atoms with Gasteiger partial charge in [-0.25, -0.2) is 0 Å². The van der Waals surface area contributed by atoms with E-state index < -0.39 is 0 Å². The molecule has 0 fully saturated rings. The van der Waals surface area contributed by atoms with Crippen molar-refractivity contribution >= 4 is 21.8 Å². The van der Waals surface area contributed by atoms with E-state index in [9.17, 15) is 4.79 Å². The fourth-order valence-electron chi connectivity index (χ4n) is 1.09. The van der Waals surface area contributed by atoms with Crippen LogP contribution in [0.3, 0.4) is 0 Å². The van der Waals surface area contributed by atoms with Crippen molar-refractivity contribution in [3.63, 3.8) is 0 Å². The number of hydrogen-bond acceptors (Lipinski definition) is 2. The lowest BCUT2D eigenvalue weighted by Gasteiger charge is -2.12. The van der Waals surface area contributed by atoms with Gasteiger partial charge in [0.2, 0.25) is 5.91 Å². The van der Waals surface area contributed by atoms with E-state index in [2.05, 4.69) is 26.2 Å². The molecule has 1 atom stereocenters. The van der Waals surface area contributed by atoms with Gasteiger partial charge in [0.1, 0.15) is 0 Å². The second kappa shape index (κ2) is 4.37. The quantitative estimate of drug-likeness (QED) is 0.863. The van der Waals surface area contributed by atoms with Gasteiger partial charge in [-0.3, -0.25) is 9.78 Å². The van der Waals surface area contributed by atoms with E-state index in [-0.39, 0.29) is 11.9 Å². The summed E-state index contributed by atoms with van der Waals surface area (Å²) in [5, 5.41) is 2.77. The summed E-state index contributed by atoms with van der Waals surface area (Å²) in [5.41, 5.74) is 0.845. The summed E-state index contributed by atoms with van der Waals surface area (Å²) < 4.78 is 0.913. The lowest BCUT2D eigenvalue weighted by molar-refractivity contribution is -0.119.